The zero-order chi connectivity index (χ0) is 11.3. The monoisotopic (exact) mass is 246 g/mol. The molecule has 0 aliphatic heterocycles. The average molecular weight is 246 g/mol. The van der Waals surface area contributed by atoms with Crippen molar-refractivity contribution in [3.05, 3.63) is 0 Å². The molecule has 0 aliphatic rings. The molecule has 1 atom stereocenters. The van der Waals surface area contributed by atoms with Crippen LogP contribution in [0.4, 0.5) is 5.13 Å². The molecule has 15 heavy (non-hydrogen) atoms. The van der Waals surface area contributed by atoms with Gasteiger partial charge in [-0.2, -0.15) is 0 Å². The molecular weight excluding hydrogens is 228 g/mol. The fourth-order valence-corrected chi connectivity index (χ4v) is 2.80. The summed E-state index contributed by atoms with van der Waals surface area (Å²) in [6.07, 6.45) is 2.21. The lowest BCUT2D eigenvalue weighted by atomic mass is 10.2. The average Bonchev–Trinajstić information content (AvgIpc) is 2.60. The lowest BCUT2D eigenvalue weighted by Crippen LogP contribution is -2.14. The maximum absolute atomic E-state index is 5.67. The number of aromatic nitrogens is 2. The van der Waals surface area contributed by atoms with Crippen LogP contribution in [0.3, 0.4) is 0 Å². The van der Waals surface area contributed by atoms with Crippen LogP contribution in [0, 0.1) is 0 Å². The van der Waals surface area contributed by atoms with E-state index in [-0.39, 0.29) is 0 Å². The molecule has 2 N–H and O–H groups in total. The summed E-state index contributed by atoms with van der Waals surface area (Å²) in [5.41, 5.74) is 5.67. The maximum atomic E-state index is 5.67. The second kappa shape index (κ2) is 6.30. The first-order valence-electron chi connectivity index (χ1n) is 4.99. The molecule has 0 aromatic carbocycles. The van der Waals surface area contributed by atoms with Crippen LogP contribution in [-0.4, -0.2) is 36.1 Å². The fourth-order valence-electron chi connectivity index (χ4n) is 1.01. The summed E-state index contributed by atoms with van der Waals surface area (Å²) in [6.45, 7) is 2.04. The Kier molecular flexibility index (Phi) is 5.35. The summed E-state index contributed by atoms with van der Waals surface area (Å²) < 4.78 is 1.04. The van der Waals surface area contributed by atoms with Gasteiger partial charge in [0.15, 0.2) is 4.34 Å². The number of nitrogens with two attached hydrogens (primary N) is 1. The van der Waals surface area contributed by atoms with Crippen molar-refractivity contribution in [2.45, 2.75) is 30.1 Å². The first kappa shape index (κ1) is 12.7. The molecule has 0 saturated carbocycles. The molecule has 0 amide bonds. The lowest BCUT2D eigenvalue weighted by Gasteiger charge is -2.04. The highest BCUT2D eigenvalue weighted by molar-refractivity contribution is 8.01. The van der Waals surface area contributed by atoms with Gasteiger partial charge in [-0.05, 0) is 19.8 Å². The summed E-state index contributed by atoms with van der Waals surface area (Å²) in [7, 11) is 3.95. The van der Waals surface area contributed by atoms with Gasteiger partial charge in [0.1, 0.15) is 0 Å². The van der Waals surface area contributed by atoms with Crippen molar-refractivity contribution in [1.82, 2.24) is 10.2 Å². The van der Waals surface area contributed by atoms with Gasteiger partial charge in [0.2, 0.25) is 5.13 Å². The molecule has 0 saturated heterocycles. The van der Waals surface area contributed by atoms with E-state index >= 15 is 0 Å². The van der Waals surface area contributed by atoms with E-state index in [2.05, 4.69) is 10.2 Å². The molecule has 4 nitrogen and oxygen atoms in total. The molecule has 0 fully saturated rings. The largest absolute Gasteiger partial charge is 0.353 e. The summed E-state index contributed by atoms with van der Waals surface area (Å²) >= 11 is 3.40. The molecule has 0 spiro atoms. The normalized spacial score (nSPS) is 12.8. The van der Waals surface area contributed by atoms with E-state index < -0.39 is 0 Å². The molecule has 1 rings (SSSR count). The van der Waals surface area contributed by atoms with Crippen LogP contribution in [0.5, 0.6) is 0 Å². The molecule has 1 heterocycles. The molecule has 6 heteroatoms. The van der Waals surface area contributed by atoms with E-state index in [1.807, 2.05) is 25.9 Å². The van der Waals surface area contributed by atoms with Gasteiger partial charge < -0.3 is 10.6 Å². The minimum absolute atomic E-state index is 0.303. The number of hydrogen-bond acceptors (Lipinski definition) is 6. The first-order chi connectivity index (χ1) is 7.09. The second-order valence-electron chi connectivity index (χ2n) is 3.71. The van der Waals surface area contributed by atoms with E-state index in [1.165, 1.54) is 0 Å². The van der Waals surface area contributed by atoms with Gasteiger partial charge in [-0.1, -0.05) is 23.1 Å². The second-order valence-corrected chi connectivity index (χ2v) is 6.01. The third kappa shape index (κ3) is 4.81. The summed E-state index contributed by atoms with van der Waals surface area (Å²) in [5, 5.41) is 9.15. The Hall–Kier alpha value is -0.330. The van der Waals surface area contributed by atoms with Crippen molar-refractivity contribution < 1.29 is 0 Å². The Morgan fingerprint density at radius 2 is 2.20 bits per heavy atom. The van der Waals surface area contributed by atoms with Crippen molar-refractivity contribution in [1.29, 1.82) is 0 Å². The molecule has 86 valence electrons. The van der Waals surface area contributed by atoms with Gasteiger partial charge in [-0.3, -0.25) is 0 Å². The van der Waals surface area contributed by atoms with Crippen LogP contribution in [-0.2, 0) is 0 Å². The molecule has 1 unspecified atom stereocenters. The van der Waals surface area contributed by atoms with Crippen LogP contribution in [0.1, 0.15) is 19.8 Å². The lowest BCUT2D eigenvalue weighted by molar-refractivity contribution is 0.656. The van der Waals surface area contributed by atoms with Crippen molar-refractivity contribution in [3.8, 4) is 0 Å². The number of anilines is 1. The smallest absolute Gasteiger partial charge is 0.208 e. The standard InChI is InChI=1S/C9H18N4S2/c1-7(10)5-4-6-14-9-12-11-8(15-9)13(2)3/h7H,4-6,10H2,1-3H3. The summed E-state index contributed by atoms with van der Waals surface area (Å²) in [5.74, 6) is 1.07. The number of thioether (sulfide) groups is 1. The van der Waals surface area contributed by atoms with Crippen LogP contribution < -0.4 is 10.6 Å². The first-order valence-corrected chi connectivity index (χ1v) is 6.79. The fraction of sp³-hybridized carbons (Fsp3) is 0.778. The summed E-state index contributed by atoms with van der Waals surface area (Å²) in [6, 6.07) is 0.303. The molecule has 1 aromatic rings. The van der Waals surface area contributed by atoms with Gasteiger partial charge in [0, 0.05) is 25.9 Å². The number of hydrogen-bond donors (Lipinski definition) is 1. The molecule has 0 aliphatic carbocycles. The predicted molar refractivity (Wildman–Crippen MR) is 67.8 cm³/mol. The SMILES string of the molecule is CC(N)CCCSc1nnc(N(C)C)s1. The van der Waals surface area contributed by atoms with E-state index in [9.17, 15) is 0 Å². The minimum atomic E-state index is 0.303. The Morgan fingerprint density at radius 3 is 2.73 bits per heavy atom. The number of nitrogens with zero attached hydrogens (tertiary/aromatic N) is 3. The highest BCUT2D eigenvalue weighted by Gasteiger charge is 2.05. The van der Waals surface area contributed by atoms with Gasteiger partial charge >= 0.3 is 0 Å². The van der Waals surface area contributed by atoms with E-state index in [0.717, 1.165) is 28.1 Å². The Balaban J connectivity index is 2.26. The Labute approximate surface area is 99.3 Å². The van der Waals surface area contributed by atoms with Gasteiger partial charge in [-0.15, -0.1) is 10.2 Å². The topological polar surface area (TPSA) is 55.0 Å². The number of rotatable bonds is 6. The highest BCUT2D eigenvalue weighted by Crippen LogP contribution is 2.27. The molecule has 0 bridgehead atoms. The Bertz CT molecular complexity index is 285. The van der Waals surface area contributed by atoms with Crippen molar-refractivity contribution in [3.63, 3.8) is 0 Å². The maximum Gasteiger partial charge on any atom is 0.208 e. The minimum Gasteiger partial charge on any atom is -0.353 e. The van der Waals surface area contributed by atoms with Crippen LogP contribution in [0.15, 0.2) is 4.34 Å². The van der Waals surface area contributed by atoms with Crippen molar-refractivity contribution in [2.75, 3.05) is 24.7 Å². The van der Waals surface area contributed by atoms with Crippen LogP contribution >= 0.6 is 23.1 Å². The van der Waals surface area contributed by atoms with Crippen LogP contribution in [0.25, 0.3) is 0 Å². The predicted octanol–water partition coefficient (Wildman–Crippen LogP) is 1.82. The third-order valence-electron chi connectivity index (χ3n) is 1.81. The summed E-state index contributed by atoms with van der Waals surface area (Å²) in [4.78, 5) is 1.98. The zero-order valence-electron chi connectivity index (χ0n) is 9.43. The third-order valence-corrected chi connectivity index (χ3v) is 4.12. The molecule has 1 aromatic heterocycles. The van der Waals surface area contributed by atoms with Gasteiger partial charge in [0.25, 0.3) is 0 Å². The van der Waals surface area contributed by atoms with E-state index in [0.29, 0.717) is 6.04 Å². The Morgan fingerprint density at radius 1 is 1.47 bits per heavy atom. The van der Waals surface area contributed by atoms with Gasteiger partial charge in [0.05, 0.1) is 0 Å². The molecule has 0 radical (unpaired) electrons. The van der Waals surface area contributed by atoms with Crippen molar-refractivity contribution >= 4 is 28.2 Å². The quantitative estimate of drug-likeness (QED) is 0.613. The molecular formula is C9H18N4S2. The van der Waals surface area contributed by atoms with Crippen LogP contribution in [0.2, 0.25) is 0 Å². The van der Waals surface area contributed by atoms with E-state index in [4.69, 9.17) is 5.73 Å². The zero-order valence-corrected chi connectivity index (χ0v) is 11.1. The van der Waals surface area contributed by atoms with Crippen molar-refractivity contribution in [2.24, 2.45) is 5.73 Å². The highest BCUT2D eigenvalue weighted by atomic mass is 32.2. The van der Waals surface area contributed by atoms with Gasteiger partial charge in [-0.25, -0.2) is 0 Å². The van der Waals surface area contributed by atoms with E-state index in [1.54, 1.807) is 23.1 Å².